The average Bonchev–Trinajstić information content (AvgIpc) is 3.32. The van der Waals surface area contributed by atoms with Gasteiger partial charge >= 0.3 is 18.1 Å². The van der Waals surface area contributed by atoms with Gasteiger partial charge in [0.1, 0.15) is 6.10 Å². The number of piperidine rings is 1. The smallest absolute Gasteiger partial charge is 0.466 e. The number of nitrogens with zero attached hydrogens (tertiary/aromatic N) is 1. The second kappa shape index (κ2) is 47.1. The van der Waals surface area contributed by atoms with Crippen molar-refractivity contribution in [3.63, 3.8) is 0 Å². The number of hydrogen-bond donors (Lipinski definition) is 0. The standard InChI is InChI=1S/C56H99NO9/c1-5-9-12-15-18-19-20-21-22-23-24-25-26-27-30-41-53(58)61-45-35-31-39-52(66-56(60)65-50-51-38-37-44-57(8-4)49-51)40-32-36-46-62-54(59)42-43-55(63-47-33-28-16-13-10-6-2)64-48-34-29-17-14-11-7-3/h10-11,13-14,18-19,21-22,51-52,55H,5-9,12,15-17,20,23-50H2,1-4H3/b13-10-,14-11-,19-18-,22-21-. The van der Waals surface area contributed by atoms with Crippen molar-refractivity contribution in [3.05, 3.63) is 48.6 Å². The molecule has 1 fully saturated rings. The molecule has 10 nitrogen and oxygen atoms in total. The lowest BCUT2D eigenvalue weighted by molar-refractivity contribution is -0.159. The Labute approximate surface area is 404 Å². The third-order valence-electron chi connectivity index (χ3n) is 12.0. The number of likely N-dealkylation sites (tertiary alicyclic amines) is 1. The van der Waals surface area contributed by atoms with Crippen LogP contribution in [0.15, 0.2) is 48.6 Å². The van der Waals surface area contributed by atoms with Crippen LogP contribution in [0.2, 0.25) is 0 Å². The first-order valence-corrected chi connectivity index (χ1v) is 27.1. The highest BCUT2D eigenvalue weighted by atomic mass is 16.7. The summed E-state index contributed by atoms with van der Waals surface area (Å²) in [5.74, 6) is -0.0702. The van der Waals surface area contributed by atoms with Crippen molar-refractivity contribution in [2.45, 2.75) is 233 Å². The van der Waals surface area contributed by atoms with E-state index in [4.69, 9.17) is 28.4 Å². The van der Waals surface area contributed by atoms with Crippen molar-refractivity contribution in [2.24, 2.45) is 5.92 Å². The van der Waals surface area contributed by atoms with Crippen LogP contribution in [0.3, 0.4) is 0 Å². The van der Waals surface area contributed by atoms with E-state index >= 15 is 0 Å². The molecule has 10 heteroatoms. The summed E-state index contributed by atoms with van der Waals surface area (Å²) in [6, 6.07) is 0. The summed E-state index contributed by atoms with van der Waals surface area (Å²) in [6.45, 7) is 14.0. The van der Waals surface area contributed by atoms with Gasteiger partial charge < -0.3 is 33.3 Å². The SMILES string of the molecule is CC/C=C\CCCCOC(CCC(=O)OCCCCC(CCCCOC(=O)CCCCCCC/C=C\C/C=C\CCCCC)OC(=O)OCC1CCCN(CC)C1)OCCCC/C=C\CC. The van der Waals surface area contributed by atoms with Crippen LogP contribution < -0.4 is 0 Å². The minimum atomic E-state index is -0.621. The summed E-state index contributed by atoms with van der Waals surface area (Å²) in [7, 11) is 0. The lowest BCUT2D eigenvalue weighted by Gasteiger charge is -2.31. The molecular weight excluding hydrogens is 831 g/mol. The van der Waals surface area contributed by atoms with E-state index in [2.05, 4.69) is 81.2 Å². The van der Waals surface area contributed by atoms with Crippen molar-refractivity contribution in [1.29, 1.82) is 0 Å². The molecule has 0 N–H and O–H groups in total. The number of esters is 2. The van der Waals surface area contributed by atoms with Gasteiger partial charge in [0.2, 0.25) is 0 Å². The second-order valence-electron chi connectivity index (χ2n) is 18.1. The lowest BCUT2D eigenvalue weighted by Crippen LogP contribution is -2.37. The minimum Gasteiger partial charge on any atom is -0.466 e. The number of carbonyl (C=O) groups excluding carboxylic acids is 3. The summed E-state index contributed by atoms with van der Waals surface area (Å²) >= 11 is 0. The molecule has 2 unspecified atom stereocenters. The summed E-state index contributed by atoms with van der Waals surface area (Å²) in [6.07, 6.45) is 45.0. The number of carbonyl (C=O) groups is 3. The molecule has 1 rings (SSSR count). The Kier molecular flexibility index (Phi) is 43.6. The van der Waals surface area contributed by atoms with Crippen LogP contribution in [0, 0.1) is 5.92 Å². The fourth-order valence-electron chi connectivity index (χ4n) is 7.92. The largest absolute Gasteiger partial charge is 0.508 e. The zero-order valence-electron chi connectivity index (χ0n) is 42.8. The van der Waals surface area contributed by atoms with Crippen LogP contribution in [-0.2, 0) is 38.0 Å². The Morgan fingerprint density at radius 3 is 1.67 bits per heavy atom. The maximum absolute atomic E-state index is 12.9. The zero-order valence-corrected chi connectivity index (χ0v) is 42.8. The lowest BCUT2D eigenvalue weighted by atomic mass is 9.99. The topological polar surface area (TPSA) is 110 Å². The van der Waals surface area contributed by atoms with E-state index in [1.807, 2.05) is 0 Å². The van der Waals surface area contributed by atoms with Crippen molar-refractivity contribution in [3.8, 4) is 0 Å². The Morgan fingerprint density at radius 2 is 1.08 bits per heavy atom. The van der Waals surface area contributed by atoms with E-state index < -0.39 is 12.4 Å². The second-order valence-corrected chi connectivity index (χ2v) is 18.1. The maximum Gasteiger partial charge on any atom is 0.508 e. The van der Waals surface area contributed by atoms with Crippen LogP contribution in [0.4, 0.5) is 4.79 Å². The number of unbranched alkanes of at least 4 members (excludes halogenated alkanes) is 14. The molecule has 66 heavy (non-hydrogen) atoms. The normalized spacial score (nSPS) is 15.2. The van der Waals surface area contributed by atoms with Gasteiger partial charge in [0, 0.05) is 38.5 Å². The molecule has 0 aromatic rings. The van der Waals surface area contributed by atoms with Crippen LogP contribution in [-0.4, -0.2) is 88.1 Å². The molecule has 1 saturated heterocycles. The van der Waals surface area contributed by atoms with Crippen LogP contribution in [0.5, 0.6) is 0 Å². The molecule has 0 bridgehead atoms. The van der Waals surface area contributed by atoms with Crippen molar-refractivity contribution in [2.75, 3.05) is 52.7 Å². The highest BCUT2D eigenvalue weighted by molar-refractivity contribution is 5.69. The summed E-state index contributed by atoms with van der Waals surface area (Å²) < 4.78 is 34.7. The average molecular weight is 930 g/mol. The summed E-state index contributed by atoms with van der Waals surface area (Å²) in [4.78, 5) is 40.4. The fourth-order valence-corrected chi connectivity index (χ4v) is 7.92. The van der Waals surface area contributed by atoms with E-state index in [1.165, 1.54) is 38.5 Å². The van der Waals surface area contributed by atoms with E-state index in [1.54, 1.807) is 0 Å². The van der Waals surface area contributed by atoms with Crippen LogP contribution >= 0.6 is 0 Å². The van der Waals surface area contributed by atoms with Crippen LogP contribution in [0.25, 0.3) is 0 Å². The van der Waals surface area contributed by atoms with Crippen LogP contribution in [0.1, 0.15) is 220 Å². The van der Waals surface area contributed by atoms with E-state index in [0.717, 1.165) is 129 Å². The number of hydrogen-bond acceptors (Lipinski definition) is 10. The van der Waals surface area contributed by atoms with E-state index in [9.17, 15) is 14.4 Å². The number of rotatable bonds is 45. The van der Waals surface area contributed by atoms with Gasteiger partial charge in [-0.3, -0.25) is 9.59 Å². The van der Waals surface area contributed by atoms with E-state index in [-0.39, 0.29) is 24.5 Å². The van der Waals surface area contributed by atoms with Gasteiger partial charge in [-0.25, -0.2) is 4.79 Å². The monoisotopic (exact) mass is 930 g/mol. The summed E-state index contributed by atoms with van der Waals surface area (Å²) in [5, 5.41) is 0. The first kappa shape index (κ1) is 61.1. The third kappa shape index (κ3) is 40.1. The van der Waals surface area contributed by atoms with E-state index in [0.29, 0.717) is 77.5 Å². The molecule has 382 valence electrons. The molecule has 0 aromatic heterocycles. The Bertz CT molecular complexity index is 1230. The molecule has 1 heterocycles. The predicted molar refractivity (Wildman–Crippen MR) is 272 cm³/mol. The molecule has 0 aromatic carbocycles. The van der Waals surface area contributed by atoms with Gasteiger partial charge in [0.15, 0.2) is 6.29 Å². The highest BCUT2D eigenvalue weighted by Gasteiger charge is 2.22. The molecule has 0 spiro atoms. The van der Waals surface area contributed by atoms with Crippen molar-refractivity contribution in [1.82, 2.24) is 4.90 Å². The zero-order chi connectivity index (χ0) is 47.8. The Balaban J connectivity index is 2.42. The molecular formula is C56H99NO9. The molecule has 0 amide bonds. The minimum absolute atomic E-state index is 0.136. The Morgan fingerprint density at radius 1 is 0.545 bits per heavy atom. The first-order chi connectivity index (χ1) is 32.4. The van der Waals surface area contributed by atoms with Crippen molar-refractivity contribution >= 4 is 18.1 Å². The van der Waals surface area contributed by atoms with Gasteiger partial charge in [-0.15, -0.1) is 0 Å². The molecule has 0 radical (unpaired) electrons. The van der Waals surface area contributed by atoms with Gasteiger partial charge in [-0.1, -0.05) is 108 Å². The predicted octanol–water partition coefficient (Wildman–Crippen LogP) is 14.9. The third-order valence-corrected chi connectivity index (χ3v) is 12.0. The van der Waals surface area contributed by atoms with Gasteiger partial charge in [-0.05, 0) is 154 Å². The molecule has 0 aliphatic carbocycles. The van der Waals surface area contributed by atoms with Crippen molar-refractivity contribution < 1.29 is 42.8 Å². The summed E-state index contributed by atoms with van der Waals surface area (Å²) in [5.41, 5.74) is 0. The molecule has 2 atom stereocenters. The fraction of sp³-hybridized carbons (Fsp3) is 0.804. The first-order valence-electron chi connectivity index (χ1n) is 27.1. The van der Waals surface area contributed by atoms with Gasteiger partial charge in [0.25, 0.3) is 0 Å². The number of allylic oxidation sites excluding steroid dienone is 8. The molecule has 1 aliphatic heterocycles. The highest BCUT2D eigenvalue weighted by Crippen LogP contribution is 2.19. The van der Waals surface area contributed by atoms with Gasteiger partial charge in [0.05, 0.1) is 26.2 Å². The molecule has 0 saturated carbocycles. The van der Waals surface area contributed by atoms with Gasteiger partial charge in [-0.2, -0.15) is 0 Å². The quantitative estimate of drug-likeness (QED) is 0.0192. The maximum atomic E-state index is 12.9. The number of ether oxygens (including phenoxy) is 6. The molecule has 1 aliphatic rings. The Hall–Kier alpha value is -2.95.